The smallest absolute Gasteiger partial charge is 0.123 e. The number of nitrogens with zero attached hydrogens (tertiary/aromatic N) is 1. The molecule has 2 rings (SSSR count). The van der Waals surface area contributed by atoms with Crippen LogP contribution in [-0.2, 0) is 4.74 Å². The van der Waals surface area contributed by atoms with Gasteiger partial charge >= 0.3 is 0 Å². The predicted octanol–water partition coefficient (Wildman–Crippen LogP) is 2.20. The molecule has 0 amide bonds. The highest BCUT2D eigenvalue weighted by Crippen LogP contribution is 2.27. The van der Waals surface area contributed by atoms with Gasteiger partial charge in [0.25, 0.3) is 0 Å². The number of ether oxygens (including phenoxy) is 2. The zero-order valence-corrected chi connectivity index (χ0v) is 12.8. The van der Waals surface area contributed by atoms with Crippen molar-refractivity contribution in [3.05, 3.63) is 29.8 Å². The second-order valence-electron chi connectivity index (χ2n) is 5.84. The van der Waals surface area contributed by atoms with Gasteiger partial charge < -0.3 is 15.2 Å². The summed E-state index contributed by atoms with van der Waals surface area (Å²) in [4.78, 5) is 2.39. The lowest BCUT2D eigenvalue weighted by atomic mass is 9.94. The van der Waals surface area contributed by atoms with Gasteiger partial charge in [0.15, 0.2) is 0 Å². The summed E-state index contributed by atoms with van der Waals surface area (Å²) in [6.45, 7) is 5.03. The molecule has 1 aliphatic rings. The second-order valence-corrected chi connectivity index (χ2v) is 5.84. The first kappa shape index (κ1) is 15.3. The van der Waals surface area contributed by atoms with E-state index in [1.54, 1.807) is 14.2 Å². The van der Waals surface area contributed by atoms with Crippen molar-refractivity contribution >= 4 is 0 Å². The Bertz CT molecular complexity index is 438. The molecule has 1 aliphatic heterocycles. The van der Waals surface area contributed by atoms with Crippen LogP contribution in [0.25, 0.3) is 0 Å². The fourth-order valence-electron chi connectivity index (χ4n) is 2.98. The first-order valence-electron chi connectivity index (χ1n) is 7.24. The number of hydrogen-bond donors (Lipinski definition) is 1. The molecule has 2 atom stereocenters. The lowest BCUT2D eigenvalue weighted by molar-refractivity contribution is -0.0517. The van der Waals surface area contributed by atoms with Gasteiger partial charge in [-0.05, 0) is 32.4 Å². The highest BCUT2D eigenvalue weighted by atomic mass is 16.5. The van der Waals surface area contributed by atoms with Gasteiger partial charge in [-0.25, -0.2) is 0 Å². The van der Waals surface area contributed by atoms with Crippen LogP contribution in [0.5, 0.6) is 5.75 Å². The third-order valence-corrected chi connectivity index (χ3v) is 4.22. The van der Waals surface area contributed by atoms with Crippen LogP contribution in [0.2, 0.25) is 0 Å². The minimum atomic E-state index is -0.0429. The van der Waals surface area contributed by atoms with Crippen LogP contribution < -0.4 is 10.5 Å². The largest absolute Gasteiger partial charge is 0.496 e. The minimum Gasteiger partial charge on any atom is -0.496 e. The Hall–Kier alpha value is -1.10. The van der Waals surface area contributed by atoms with E-state index in [9.17, 15) is 0 Å². The standard InChI is InChI=1S/C16H26N2O2/c1-16(20-3)9-6-10-18(12-16)11-14(17)13-7-4-5-8-15(13)19-2/h4-5,7-8,14H,6,9-12,17H2,1-3H3. The Balaban J connectivity index is 2.02. The Morgan fingerprint density at radius 2 is 2.10 bits per heavy atom. The topological polar surface area (TPSA) is 47.7 Å². The molecule has 4 nitrogen and oxygen atoms in total. The monoisotopic (exact) mass is 278 g/mol. The first-order chi connectivity index (χ1) is 9.58. The highest BCUT2D eigenvalue weighted by Gasteiger charge is 2.31. The Morgan fingerprint density at radius 3 is 2.80 bits per heavy atom. The molecule has 0 radical (unpaired) electrons. The summed E-state index contributed by atoms with van der Waals surface area (Å²) < 4.78 is 11.0. The van der Waals surface area contributed by atoms with Gasteiger partial charge in [0.2, 0.25) is 0 Å². The third-order valence-electron chi connectivity index (χ3n) is 4.22. The second kappa shape index (κ2) is 6.57. The van der Waals surface area contributed by atoms with Gasteiger partial charge in [0.1, 0.15) is 5.75 Å². The summed E-state index contributed by atoms with van der Waals surface area (Å²) >= 11 is 0. The van der Waals surface area contributed by atoms with Crippen molar-refractivity contribution in [3.8, 4) is 5.75 Å². The van der Waals surface area contributed by atoms with Crippen LogP contribution >= 0.6 is 0 Å². The van der Waals surface area contributed by atoms with Gasteiger partial charge in [-0.1, -0.05) is 18.2 Å². The lowest BCUT2D eigenvalue weighted by Crippen LogP contribution is -2.49. The molecule has 0 aromatic heterocycles. The van der Waals surface area contributed by atoms with Crippen molar-refractivity contribution < 1.29 is 9.47 Å². The van der Waals surface area contributed by atoms with Crippen molar-refractivity contribution in [2.45, 2.75) is 31.4 Å². The molecule has 0 saturated carbocycles. The van der Waals surface area contributed by atoms with E-state index in [1.165, 1.54) is 0 Å². The molecule has 0 spiro atoms. The van der Waals surface area contributed by atoms with Crippen LogP contribution in [0.4, 0.5) is 0 Å². The average molecular weight is 278 g/mol. The molecule has 1 heterocycles. The molecular weight excluding hydrogens is 252 g/mol. The number of hydrogen-bond acceptors (Lipinski definition) is 4. The molecular formula is C16H26N2O2. The van der Waals surface area contributed by atoms with Gasteiger partial charge in [-0.15, -0.1) is 0 Å². The zero-order valence-electron chi connectivity index (χ0n) is 12.8. The quantitative estimate of drug-likeness (QED) is 0.897. The summed E-state index contributed by atoms with van der Waals surface area (Å²) in [5, 5.41) is 0. The molecule has 1 aromatic carbocycles. The Morgan fingerprint density at radius 1 is 1.35 bits per heavy atom. The lowest BCUT2D eigenvalue weighted by Gasteiger charge is -2.40. The maximum Gasteiger partial charge on any atom is 0.123 e. The number of likely N-dealkylation sites (tertiary alicyclic amines) is 1. The molecule has 1 aromatic rings. The third kappa shape index (κ3) is 3.51. The van der Waals surface area contributed by atoms with E-state index in [0.717, 1.165) is 43.8 Å². The van der Waals surface area contributed by atoms with E-state index in [-0.39, 0.29) is 11.6 Å². The van der Waals surface area contributed by atoms with Gasteiger partial charge in [0.05, 0.1) is 12.7 Å². The molecule has 20 heavy (non-hydrogen) atoms. The average Bonchev–Trinajstić information content (AvgIpc) is 2.47. The summed E-state index contributed by atoms with van der Waals surface area (Å²) in [5.41, 5.74) is 7.40. The van der Waals surface area contributed by atoms with Crippen molar-refractivity contribution in [2.24, 2.45) is 5.73 Å². The van der Waals surface area contributed by atoms with Crippen LogP contribution in [0.1, 0.15) is 31.4 Å². The Kier molecular flexibility index (Phi) is 5.02. The SMILES string of the molecule is COc1ccccc1C(N)CN1CCCC(C)(OC)C1. The van der Waals surface area contributed by atoms with E-state index < -0.39 is 0 Å². The van der Waals surface area contributed by atoms with Crippen LogP contribution in [0.15, 0.2) is 24.3 Å². The Labute approximate surface area is 121 Å². The normalized spacial score (nSPS) is 25.4. The zero-order chi connectivity index (χ0) is 14.6. The number of rotatable bonds is 5. The van der Waals surface area contributed by atoms with Crippen molar-refractivity contribution in [1.82, 2.24) is 4.90 Å². The summed E-state index contributed by atoms with van der Waals surface area (Å²) in [6, 6.07) is 7.95. The molecule has 2 unspecified atom stereocenters. The minimum absolute atomic E-state index is 0.0367. The molecule has 0 aliphatic carbocycles. The number of nitrogens with two attached hydrogens (primary N) is 1. The van der Waals surface area contributed by atoms with Gasteiger partial charge in [0, 0.05) is 31.8 Å². The summed E-state index contributed by atoms with van der Waals surface area (Å²) in [7, 11) is 3.48. The molecule has 2 N–H and O–H groups in total. The molecule has 1 fully saturated rings. The maximum atomic E-state index is 6.37. The van der Waals surface area contributed by atoms with Crippen LogP contribution in [0.3, 0.4) is 0 Å². The molecule has 1 saturated heterocycles. The molecule has 112 valence electrons. The molecule has 4 heteroatoms. The highest BCUT2D eigenvalue weighted by molar-refractivity contribution is 5.35. The van der Waals surface area contributed by atoms with E-state index in [1.807, 2.05) is 24.3 Å². The van der Waals surface area contributed by atoms with Crippen molar-refractivity contribution in [1.29, 1.82) is 0 Å². The van der Waals surface area contributed by atoms with E-state index in [0.29, 0.717) is 0 Å². The van der Waals surface area contributed by atoms with Crippen molar-refractivity contribution in [3.63, 3.8) is 0 Å². The van der Waals surface area contributed by atoms with E-state index >= 15 is 0 Å². The van der Waals surface area contributed by atoms with Gasteiger partial charge in [-0.3, -0.25) is 4.90 Å². The summed E-state index contributed by atoms with van der Waals surface area (Å²) in [5.74, 6) is 0.867. The first-order valence-corrected chi connectivity index (χ1v) is 7.24. The van der Waals surface area contributed by atoms with E-state index in [2.05, 4.69) is 11.8 Å². The fraction of sp³-hybridized carbons (Fsp3) is 0.625. The van der Waals surface area contributed by atoms with Crippen LogP contribution in [-0.4, -0.2) is 44.4 Å². The van der Waals surface area contributed by atoms with Crippen LogP contribution in [0, 0.1) is 0 Å². The number of benzene rings is 1. The predicted molar refractivity (Wildman–Crippen MR) is 81.0 cm³/mol. The molecule has 0 bridgehead atoms. The number of methoxy groups -OCH3 is 2. The fourth-order valence-corrected chi connectivity index (χ4v) is 2.98. The van der Waals surface area contributed by atoms with Gasteiger partial charge in [-0.2, -0.15) is 0 Å². The summed E-state index contributed by atoms with van der Waals surface area (Å²) in [6.07, 6.45) is 2.27. The van der Waals surface area contributed by atoms with E-state index in [4.69, 9.17) is 15.2 Å². The maximum absolute atomic E-state index is 6.37. The number of piperidine rings is 1. The number of para-hydroxylation sites is 1. The van der Waals surface area contributed by atoms with Crippen molar-refractivity contribution in [2.75, 3.05) is 33.9 Å².